The average Bonchev–Trinajstić information content (AvgIpc) is 2.85. The molecule has 5 heteroatoms. The first kappa shape index (κ1) is 23.8. The molecular formula is C30H26O5. The van der Waals surface area contributed by atoms with Gasteiger partial charge < -0.3 is 14.2 Å². The summed E-state index contributed by atoms with van der Waals surface area (Å²) < 4.78 is 16.0. The first-order valence-electron chi connectivity index (χ1n) is 11.3. The van der Waals surface area contributed by atoms with E-state index in [1.807, 2.05) is 18.2 Å². The van der Waals surface area contributed by atoms with Gasteiger partial charge in [0.1, 0.15) is 17.2 Å². The SMILES string of the molecule is Cc1ccc(C(C)(C)c2ccc(OC(=O)Oc3cccc(OC(=O)c4ccccc4)c3)cc2)cc1. The Balaban J connectivity index is 1.38. The second-order valence-electron chi connectivity index (χ2n) is 8.70. The Morgan fingerprint density at radius 3 is 1.77 bits per heavy atom. The summed E-state index contributed by atoms with van der Waals surface area (Å²) in [4.78, 5) is 24.6. The van der Waals surface area contributed by atoms with Crippen molar-refractivity contribution in [1.82, 2.24) is 0 Å². The van der Waals surface area contributed by atoms with Crippen LogP contribution < -0.4 is 14.2 Å². The highest BCUT2D eigenvalue weighted by Gasteiger charge is 2.23. The first-order valence-corrected chi connectivity index (χ1v) is 11.3. The minimum atomic E-state index is -0.887. The molecule has 0 aliphatic carbocycles. The Labute approximate surface area is 204 Å². The topological polar surface area (TPSA) is 61.8 Å². The smallest absolute Gasteiger partial charge is 0.423 e. The number of carbonyl (C=O) groups excluding carboxylic acids is 2. The summed E-state index contributed by atoms with van der Waals surface area (Å²) in [6.45, 7) is 6.37. The van der Waals surface area contributed by atoms with E-state index in [2.05, 4.69) is 45.0 Å². The molecule has 0 atom stereocenters. The van der Waals surface area contributed by atoms with Crippen molar-refractivity contribution < 1.29 is 23.8 Å². The number of esters is 1. The van der Waals surface area contributed by atoms with Gasteiger partial charge in [0.05, 0.1) is 5.56 Å². The van der Waals surface area contributed by atoms with E-state index in [0.717, 1.165) is 5.56 Å². The Morgan fingerprint density at radius 2 is 1.14 bits per heavy atom. The Hall–Kier alpha value is -4.38. The third-order valence-electron chi connectivity index (χ3n) is 5.78. The zero-order chi connectivity index (χ0) is 24.8. The van der Waals surface area contributed by atoms with E-state index in [1.54, 1.807) is 54.6 Å². The van der Waals surface area contributed by atoms with Gasteiger partial charge in [-0.05, 0) is 54.4 Å². The molecule has 0 aliphatic rings. The summed E-state index contributed by atoms with van der Waals surface area (Å²) in [5.74, 6) is 0.321. The average molecular weight is 467 g/mol. The lowest BCUT2D eigenvalue weighted by Gasteiger charge is -2.26. The van der Waals surface area contributed by atoms with Crippen LogP contribution >= 0.6 is 0 Å². The maximum Gasteiger partial charge on any atom is 0.519 e. The fourth-order valence-corrected chi connectivity index (χ4v) is 3.63. The van der Waals surface area contributed by atoms with Gasteiger partial charge in [0.15, 0.2) is 0 Å². The quantitative estimate of drug-likeness (QED) is 0.172. The molecule has 0 aromatic heterocycles. The summed E-state index contributed by atoms with van der Waals surface area (Å²) in [6, 6.07) is 30.7. The Bertz CT molecular complexity index is 1310. The van der Waals surface area contributed by atoms with E-state index in [9.17, 15) is 9.59 Å². The molecule has 0 unspecified atom stereocenters. The van der Waals surface area contributed by atoms with Crippen LogP contribution in [0.5, 0.6) is 17.2 Å². The standard InChI is InChI=1S/C30H26O5/c1-21-12-14-23(15-13-21)30(2,3)24-16-18-25(19-17-24)34-29(32)35-27-11-7-10-26(20-27)33-28(31)22-8-5-4-6-9-22/h4-20H,1-3H3. The number of hydrogen-bond donors (Lipinski definition) is 0. The molecule has 4 rings (SSSR count). The van der Waals surface area contributed by atoms with E-state index in [4.69, 9.17) is 14.2 Å². The normalized spacial score (nSPS) is 10.9. The van der Waals surface area contributed by atoms with Crippen LogP contribution in [0.2, 0.25) is 0 Å². The van der Waals surface area contributed by atoms with Crippen LogP contribution in [0.25, 0.3) is 0 Å². The summed E-state index contributed by atoms with van der Waals surface area (Å²) in [5, 5.41) is 0. The summed E-state index contributed by atoms with van der Waals surface area (Å²) in [5.41, 5.74) is 3.72. The third kappa shape index (κ3) is 5.95. The highest BCUT2D eigenvalue weighted by Crippen LogP contribution is 2.32. The first-order chi connectivity index (χ1) is 16.8. The number of benzene rings is 4. The van der Waals surface area contributed by atoms with Crippen LogP contribution in [-0.4, -0.2) is 12.1 Å². The van der Waals surface area contributed by atoms with Gasteiger partial charge in [0.25, 0.3) is 0 Å². The number of aryl methyl sites for hydroxylation is 1. The predicted molar refractivity (Wildman–Crippen MR) is 134 cm³/mol. The van der Waals surface area contributed by atoms with Crippen molar-refractivity contribution in [2.24, 2.45) is 0 Å². The van der Waals surface area contributed by atoms with Gasteiger partial charge in [-0.25, -0.2) is 9.59 Å². The molecule has 0 spiro atoms. The molecule has 4 aromatic rings. The lowest BCUT2D eigenvalue weighted by Crippen LogP contribution is -2.19. The molecule has 0 saturated heterocycles. The van der Waals surface area contributed by atoms with E-state index in [-0.39, 0.29) is 16.9 Å². The van der Waals surface area contributed by atoms with E-state index in [1.165, 1.54) is 17.2 Å². The molecule has 0 N–H and O–H groups in total. The number of rotatable bonds is 6. The highest BCUT2D eigenvalue weighted by molar-refractivity contribution is 5.91. The molecule has 0 bridgehead atoms. The number of hydrogen-bond acceptors (Lipinski definition) is 5. The van der Waals surface area contributed by atoms with Crippen LogP contribution in [0.4, 0.5) is 4.79 Å². The van der Waals surface area contributed by atoms with Crippen molar-refractivity contribution in [2.75, 3.05) is 0 Å². The van der Waals surface area contributed by atoms with E-state index >= 15 is 0 Å². The summed E-state index contributed by atoms with van der Waals surface area (Å²) >= 11 is 0. The molecule has 0 heterocycles. The van der Waals surface area contributed by atoms with Gasteiger partial charge in [-0.3, -0.25) is 0 Å². The molecule has 0 amide bonds. The lowest BCUT2D eigenvalue weighted by atomic mass is 9.78. The summed E-state index contributed by atoms with van der Waals surface area (Å²) in [6.07, 6.45) is -0.887. The van der Waals surface area contributed by atoms with Crippen LogP contribution in [0.15, 0.2) is 103 Å². The van der Waals surface area contributed by atoms with Gasteiger partial charge >= 0.3 is 12.1 Å². The van der Waals surface area contributed by atoms with Crippen molar-refractivity contribution >= 4 is 12.1 Å². The molecule has 0 fully saturated rings. The molecule has 5 nitrogen and oxygen atoms in total. The van der Waals surface area contributed by atoms with E-state index in [0.29, 0.717) is 11.3 Å². The van der Waals surface area contributed by atoms with Crippen LogP contribution in [0.3, 0.4) is 0 Å². The monoisotopic (exact) mass is 466 g/mol. The molecule has 35 heavy (non-hydrogen) atoms. The van der Waals surface area contributed by atoms with Crippen LogP contribution in [0.1, 0.15) is 40.9 Å². The molecule has 0 saturated carbocycles. The zero-order valence-electron chi connectivity index (χ0n) is 19.9. The maximum absolute atomic E-state index is 12.3. The predicted octanol–water partition coefficient (Wildman–Crippen LogP) is 7.12. The fourth-order valence-electron chi connectivity index (χ4n) is 3.63. The van der Waals surface area contributed by atoms with Gasteiger partial charge in [-0.1, -0.05) is 80.1 Å². The molecule has 176 valence electrons. The lowest BCUT2D eigenvalue weighted by molar-refractivity contribution is 0.0734. The molecule has 0 aliphatic heterocycles. The van der Waals surface area contributed by atoms with Gasteiger partial charge in [0.2, 0.25) is 0 Å². The van der Waals surface area contributed by atoms with Crippen molar-refractivity contribution in [3.8, 4) is 17.2 Å². The van der Waals surface area contributed by atoms with Gasteiger partial charge in [0, 0.05) is 11.5 Å². The minimum absolute atomic E-state index is 0.200. The Morgan fingerprint density at radius 1 is 0.600 bits per heavy atom. The zero-order valence-corrected chi connectivity index (χ0v) is 19.9. The van der Waals surface area contributed by atoms with Crippen LogP contribution in [-0.2, 0) is 5.41 Å². The van der Waals surface area contributed by atoms with Crippen LogP contribution in [0, 0.1) is 6.92 Å². The summed E-state index contributed by atoms with van der Waals surface area (Å²) in [7, 11) is 0. The number of carbonyl (C=O) groups is 2. The van der Waals surface area contributed by atoms with Gasteiger partial charge in [-0.15, -0.1) is 0 Å². The van der Waals surface area contributed by atoms with Crippen molar-refractivity contribution in [3.05, 3.63) is 125 Å². The van der Waals surface area contributed by atoms with Crippen molar-refractivity contribution in [3.63, 3.8) is 0 Å². The highest BCUT2D eigenvalue weighted by atomic mass is 16.7. The fraction of sp³-hybridized carbons (Fsp3) is 0.133. The largest absolute Gasteiger partial charge is 0.519 e. The molecule has 0 radical (unpaired) electrons. The second-order valence-corrected chi connectivity index (χ2v) is 8.70. The number of ether oxygens (including phenoxy) is 3. The molecule has 4 aromatic carbocycles. The minimum Gasteiger partial charge on any atom is -0.423 e. The third-order valence-corrected chi connectivity index (χ3v) is 5.78. The maximum atomic E-state index is 12.3. The van der Waals surface area contributed by atoms with Crippen molar-refractivity contribution in [2.45, 2.75) is 26.2 Å². The second kappa shape index (κ2) is 10.3. The Kier molecular flexibility index (Phi) is 6.97. The van der Waals surface area contributed by atoms with Gasteiger partial charge in [-0.2, -0.15) is 0 Å². The van der Waals surface area contributed by atoms with Crippen molar-refractivity contribution in [1.29, 1.82) is 0 Å². The van der Waals surface area contributed by atoms with E-state index < -0.39 is 12.1 Å². The molecular weight excluding hydrogens is 440 g/mol.